The molecule has 0 aliphatic rings. The zero-order chi connectivity index (χ0) is 15.2. The zero-order valence-corrected chi connectivity index (χ0v) is 12.2. The van der Waals surface area contributed by atoms with E-state index in [1.807, 2.05) is 56.3 Å². The number of benzene rings is 2. The van der Waals surface area contributed by atoms with Gasteiger partial charge in [0.1, 0.15) is 0 Å². The van der Waals surface area contributed by atoms with Crippen molar-refractivity contribution in [3.8, 4) is 11.8 Å². The fraction of sp³-hybridized carbons (Fsp3) is 0.167. The molecule has 3 heteroatoms. The van der Waals surface area contributed by atoms with E-state index in [1.165, 1.54) is 0 Å². The summed E-state index contributed by atoms with van der Waals surface area (Å²) in [4.78, 5) is 12.4. The Morgan fingerprint density at radius 2 is 1.71 bits per heavy atom. The number of aryl methyl sites for hydroxylation is 2. The first-order chi connectivity index (χ1) is 10.1. The second-order valence-corrected chi connectivity index (χ2v) is 4.80. The lowest BCUT2D eigenvalue weighted by molar-refractivity contribution is 0.102. The lowest BCUT2D eigenvalue weighted by Crippen LogP contribution is -2.14. The van der Waals surface area contributed by atoms with Gasteiger partial charge in [0.25, 0.3) is 5.91 Å². The summed E-state index contributed by atoms with van der Waals surface area (Å²) in [6.07, 6.45) is 0. The zero-order valence-electron chi connectivity index (χ0n) is 12.2. The highest BCUT2D eigenvalue weighted by molar-refractivity contribution is 6.06. The molecular formula is C18H18N2O. The fourth-order valence-electron chi connectivity index (χ4n) is 2.16. The normalized spacial score (nSPS) is 9.67. The van der Waals surface area contributed by atoms with E-state index in [4.69, 9.17) is 5.73 Å². The summed E-state index contributed by atoms with van der Waals surface area (Å²) in [6, 6.07) is 13.2. The Morgan fingerprint density at radius 3 is 2.29 bits per heavy atom. The van der Waals surface area contributed by atoms with Crippen LogP contribution in [0, 0.1) is 25.7 Å². The third kappa shape index (κ3) is 3.71. The van der Waals surface area contributed by atoms with Crippen molar-refractivity contribution >= 4 is 11.6 Å². The molecule has 21 heavy (non-hydrogen) atoms. The molecule has 0 aliphatic heterocycles. The molecule has 0 bridgehead atoms. The van der Waals surface area contributed by atoms with E-state index in [0.29, 0.717) is 6.54 Å². The van der Waals surface area contributed by atoms with Crippen LogP contribution < -0.4 is 11.1 Å². The van der Waals surface area contributed by atoms with Gasteiger partial charge in [-0.3, -0.25) is 4.79 Å². The van der Waals surface area contributed by atoms with E-state index in [2.05, 4.69) is 17.2 Å². The Bertz CT molecular complexity index is 686. The van der Waals surface area contributed by atoms with Crippen LogP contribution in [0.1, 0.15) is 27.0 Å². The van der Waals surface area contributed by atoms with Crippen LogP contribution in [0.5, 0.6) is 0 Å². The molecular weight excluding hydrogens is 260 g/mol. The molecule has 0 saturated heterocycles. The summed E-state index contributed by atoms with van der Waals surface area (Å²) in [5.41, 5.74) is 9.63. The number of nitrogens with one attached hydrogen (secondary N) is 1. The van der Waals surface area contributed by atoms with Gasteiger partial charge in [-0.1, -0.05) is 30.0 Å². The van der Waals surface area contributed by atoms with Crippen LogP contribution in [0.4, 0.5) is 5.69 Å². The van der Waals surface area contributed by atoms with E-state index in [0.717, 1.165) is 27.9 Å². The molecule has 0 unspecified atom stereocenters. The van der Waals surface area contributed by atoms with Gasteiger partial charge >= 0.3 is 0 Å². The molecule has 0 radical (unpaired) electrons. The highest BCUT2D eigenvalue weighted by atomic mass is 16.1. The topological polar surface area (TPSA) is 55.1 Å². The summed E-state index contributed by atoms with van der Waals surface area (Å²) in [7, 11) is 0. The first-order valence-electron chi connectivity index (χ1n) is 6.78. The van der Waals surface area contributed by atoms with Gasteiger partial charge in [0, 0.05) is 16.8 Å². The van der Waals surface area contributed by atoms with Crippen LogP contribution in [-0.2, 0) is 0 Å². The van der Waals surface area contributed by atoms with E-state index in [9.17, 15) is 4.79 Å². The molecule has 2 aromatic carbocycles. The quantitative estimate of drug-likeness (QED) is 0.830. The fourth-order valence-corrected chi connectivity index (χ4v) is 2.16. The van der Waals surface area contributed by atoms with E-state index < -0.39 is 0 Å². The van der Waals surface area contributed by atoms with Gasteiger partial charge in [0.15, 0.2) is 0 Å². The predicted octanol–water partition coefficient (Wildman–Crippen LogP) is 2.87. The van der Waals surface area contributed by atoms with Gasteiger partial charge in [-0.15, -0.1) is 0 Å². The Hall–Kier alpha value is -2.57. The number of rotatable bonds is 2. The first kappa shape index (κ1) is 14.8. The molecule has 0 atom stereocenters. The summed E-state index contributed by atoms with van der Waals surface area (Å²) < 4.78 is 0. The largest absolute Gasteiger partial charge is 0.322 e. The van der Waals surface area contributed by atoms with Gasteiger partial charge in [-0.05, 0) is 49.2 Å². The number of carbonyl (C=O) groups is 1. The van der Waals surface area contributed by atoms with Crippen molar-refractivity contribution in [1.29, 1.82) is 0 Å². The smallest absolute Gasteiger partial charge is 0.256 e. The standard InChI is InChI=1S/C18H18N2O/c1-13-5-3-6-14(2)17(13)18(21)20-16-10-8-15(9-11-16)7-4-12-19/h3,5-6,8-11H,12,19H2,1-2H3,(H,20,21). The highest BCUT2D eigenvalue weighted by Crippen LogP contribution is 2.16. The number of carbonyl (C=O) groups excluding carboxylic acids is 1. The Kier molecular flexibility index (Phi) is 4.76. The van der Waals surface area contributed by atoms with Crippen molar-refractivity contribution in [3.63, 3.8) is 0 Å². The summed E-state index contributed by atoms with van der Waals surface area (Å²) in [6.45, 7) is 4.21. The lowest BCUT2D eigenvalue weighted by atomic mass is 10.0. The number of anilines is 1. The average Bonchev–Trinajstić information content (AvgIpc) is 2.46. The summed E-state index contributed by atoms with van der Waals surface area (Å²) >= 11 is 0. The molecule has 0 aliphatic carbocycles. The van der Waals surface area contributed by atoms with Crippen LogP contribution in [0.2, 0.25) is 0 Å². The molecule has 1 amide bonds. The number of amides is 1. The molecule has 0 aromatic heterocycles. The first-order valence-corrected chi connectivity index (χ1v) is 6.78. The van der Waals surface area contributed by atoms with Gasteiger partial charge < -0.3 is 11.1 Å². The third-order valence-corrected chi connectivity index (χ3v) is 3.19. The number of hydrogen-bond donors (Lipinski definition) is 2. The van der Waals surface area contributed by atoms with Crippen LogP contribution in [-0.4, -0.2) is 12.5 Å². The van der Waals surface area contributed by atoms with Crippen molar-refractivity contribution < 1.29 is 4.79 Å². The molecule has 0 saturated carbocycles. The molecule has 3 N–H and O–H groups in total. The van der Waals surface area contributed by atoms with E-state index in [1.54, 1.807) is 0 Å². The molecule has 2 aromatic rings. The van der Waals surface area contributed by atoms with Crippen LogP contribution >= 0.6 is 0 Å². The number of hydrogen-bond acceptors (Lipinski definition) is 2. The molecule has 0 spiro atoms. The van der Waals surface area contributed by atoms with Crippen molar-refractivity contribution in [1.82, 2.24) is 0 Å². The Balaban J connectivity index is 2.16. The van der Waals surface area contributed by atoms with Crippen LogP contribution in [0.15, 0.2) is 42.5 Å². The van der Waals surface area contributed by atoms with Gasteiger partial charge in [0.05, 0.1) is 6.54 Å². The van der Waals surface area contributed by atoms with Gasteiger partial charge in [0.2, 0.25) is 0 Å². The van der Waals surface area contributed by atoms with Crippen molar-refractivity contribution in [2.45, 2.75) is 13.8 Å². The minimum Gasteiger partial charge on any atom is -0.322 e. The monoisotopic (exact) mass is 278 g/mol. The SMILES string of the molecule is Cc1cccc(C)c1C(=O)Nc1ccc(C#CCN)cc1. The van der Waals surface area contributed by atoms with E-state index >= 15 is 0 Å². The molecule has 0 fully saturated rings. The summed E-state index contributed by atoms with van der Waals surface area (Å²) in [5.74, 6) is 5.65. The van der Waals surface area contributed by atoms with Gasteiger partial charge in [-0.25, -0.2) is 0 Å². The average molecular weight is 278 g/mol. The molecule has 106 valence electrons. The van der Waals surface area contributed by atoms with Crippen molar-refractivity contribution in [2.75, 3.05) is 11.9 Å². The number of nitrogens with two attached hydrogens (primary N) is 1. The maximum absolute atomic E-state index is 12.4. The molecule has 0 heterocycles. The summed E-state index contributed by atoms with van der Waals surface area (Å²) in [5, 5.41) is 2.91. The van der Waals surface area contributed by atoms with Crippen LogP contribution in [0.3, 0.4) is 0 Å². The predicted molar refractivity (Wildman–Crippen MR) is 86.2 cm³/mol. The highest BCUT2D eigenvalue weighted by Gasteiger charge is 2.11. The second-order valence-electron chi connectivity index (χ2n) is 4.80. The Labute approximate surface area is 125 Å². The Morgan fingerprint density at radius 1 is 1.10 bits per heavy atom. The minimum atomic E-state index is -0.0913. The molecule has 3 nitrogen and oxygen atoms in total. The van der Waals surface area contributed by atoms with Crippen molar-refractivity contribution in [3.05, 3.63) is 64.7 Å². The second kappa shape index (κ2) is 6.74. The van der Waals surface area contributed by atoms with E-state index in [-0.39, 0.29) is 5.91 Å². The van der Waals surface area contributed by atoms with Gasteiger partial charge in [-0.2, -0.15) is 0 Å². The van der Waals surface area contributed by atoms with Crippen LogP contribution in [0.25, 0.3) is 0 Å². The molecule has 2 rings (SSSR count). The lowest BCUT2D eigenvalue weighted by Gasteiger charge is -2.10. The van der Waals surface area contributed by atoms with Crippen molar-refractivity contribution in [2.24, 2.45) is 5.73 Å². The maximum atomic E-state index is 12.4. The minimum absolute atomic E-state index is 0.0913. The maximum Gasteiger partial charge on any atom is 0.256 e. The third-order valence-electron chi connectivity index (χ3n) is 3.19.